The van der Waals surface area contributed by atoms with Crippen molar-refractivity contribution >= 4 is 28.2 Å². The van der Waals surface area contributed by atoms with Crippen LogP contribution in [0.25, 0.3) is 10.9 Å². The van der Waals surface area contributed by atoms with Crippen molar-refractivity contribution in [3.8, 4) is 5.75 Å². The van der Waals surface area contributed by atoms with Gasteiger partial charge in [-0.05, 0) is 42.5 Å². The molecular weight excluding hydrogens is 443 g/mol. The summed E-state index contributed by atoms with van der Waals surface area (Å²) in [5, 5.41) is 25.4. The van der Waals surface area contributed by atoms with E-state index in [1.807, 2.05) is 0 Å². The molecule has 3 aromatic rings. The Labute approximate surface area is 188 Å². The summed E-state index contributed by atoms with van der Waals surface area (Å²) >= 11 is 6.07. The third-order valence-electron chi connectivity index (χ3n) is 6.23. The van der Waals surface area contributed by atoms with Gasteiger partial charge in [0.15, 0.2) is 5.60 Å². The zero-order chi connectivity index (χ0) is 23.5. The van der Waals surface area contributed by atoms with Crippen molar-refractivity contribution in [1.82, 2.24) is 9.97 Å². The molecule has 3 N–H and O–H groups in total. The Balaban J connectivity index is 1.81. The number of phenols is 1. The van der Waals surface area contributed by atoms with Crippen LogP contribution in [0.1, 0.15) is 43.1 Å². The predicted octanol–water partition coefficient (Wildman–Crippen LogP) is 5.47. The Kier molecular flexibility index (Phi) is 5.29. The molecular formula is C23H23ClF3N3O2. The van der Waals surface area contributed by atoms with Crippen LogP contribution in [-0.4, -0.2) is 38.5 Å². The summed E-state index contributed by atoms with van der Waals surface area (Å²) in [6.45, 7) is 4.65. The number of rotatable bonds is 3. The summed E-state index contributed by atoms with van der Waals surface area (Å²) < 4.78 is 42.7. The molecule has 1 heterocycles. The van der Waals surface area contributed by atoms with Gasteiger partial charge in [0.05, 0.1) is 10.5 Å². The number of fused-ring (bicyclic) bond motifs is 2. The van der Waals surface area contributed by atoms with Crippen LogP contribution in [0.4, 0.5) is 18.9 Å². The summed E-state index contributed by atoms with van der Waals surface area (Å²) in [5.41, 5.74) is -2.42. The van der Waals surface area contributed by atoms with Gasteiger partial charge in [0.2, 0.25) is 0 Å². The fourth-order valence-corrected chi connectivity index (χ4v) is 4.97. The largest absolute Gasteiger partial charge is 0.506 e. The molecule has 1 aliphatic carbocycles. The molecule has 2 atom stereocenters. The van der Waals surface area contributed by atoms with Gasteiger partial charge in [-0.15, -0.1) is 0 Å². The van der Waals surface area contributed by atoms with Gasteiger partial charge in [0, 0.05) is 35.3 Å². The molecule has 5 nitrogen and oxygen atoms in total. The second kappa shape index (κ2) is 7.49. The molecule has 0 radical (unpaired) electrons. The molecule has 2 aromatic carbocycles. The normalized spacial score (nSPS) is 22.6. The number of aliphatic hydroxyl groups is 1. The first-order chi connectivity index (χ1) is 14.8. The molecule has 4 rings (SSSR count). The second-order valence-electron chi connectivity index (χ2n) is 8.93. The zero-order valence-electron chi connectivity index (χ0n) is 17.8. The number of hydrogen-bond donors (Lipinski definition) is 3. The monoisotopic (exact) mass is 465 g/mol. The smallest absolute Gasteiger partial charge is 0.417 e. The van der Waals surface area contributed by atoms with Crippen LogP contribution in [0.2, 0.25) is 5.02 Å². The molecule has 0 fully saturated rings. The van der Waals surface area contributed by atoms with Gasteiger partial charge in [0.1, 0.15) is 11.6 Å². The van der Waals surface area contributed by atoms with E-state index in [4.69, 9.17) is 11.6 Å². The van der Waals surface area contributed by atoms with Crippen LogP contribution in [0.3, 0.4) is 0 Å². The highest BCUT2D eigenvalue weighted by molar-refractivity contribution is 6.32. The molecule has 0 saturated heterocycles. The fourth-order valence-electron chi connectivity index (χ4n) is 4.82. The van der Waals surface area contributed by atoms with Crippen molar-refractivity contribution in [2.45, 2.75) is 50.3 Å². The van der Waals surface area contributed by atoms with Crippen molar-refractivity contribution in [2.75, 3.05) is 11.9 Å². The van der Waals surface area contributed by atoms with Gasteiger partial charge >= 0.3 is 6.18 Å². The van der Waals surface area contributed by atoms with Crippen molar-refractivity contribution in [2.24, 2.45) is 0 Å². The number of aromatic nitrogens is 2. The van der Waals surface area contributed by atoms with Gasteiger partial charge in [-0.2, -0.15) is 13.2 Å². The molecule has 0 spiro atoms. The molecule has 9 heteroatoms. The first-order valence-electron chi connectivity index (χ1n) is 10.1. The number of halogens is 4. The van der Waals surface area contributed by atoms with Crippen LogP contribution in [0, 0.1) is 6.92 Å². The molecule has 1 aromatic heterocycles. The van der Waals surface area contributed by atoms with Gasteiger partial charge in [0.25, 0.3) is 0 Å². The van der Waals surface area contributed by atoms with Crippen LogP contribution < -0.4 is 5.32 Å². The van der Waals surface area contributed by atoms with Gasteiger partial charge in [-0.3, -0.25) is 0 Å². The number of alkyl halides is 3. The van der Waals surface area contributed by atoms with Crippen molar-refractivity contribution in [3.05, 3.63) is 58.5 Å². The van der Waals surface area contributed by atoms with E-state index < -0.39 is 29.5 Å². The van der Waals surface area contributed by atoms with E-state index in [1.54, 1.807) is 45.2 Å². The highest BCUT2D eigenvalue weighted by Gasteiger charge is 2.63. The van der Waals surface area contributed by atoms with E-state index >= 15 is 0 Å². The molecule has 170 valence electrons. The lowest BCUT2D eigenvalue weighted by Crippen LogP contribution is -2.58. The van der Waals surface area contributed by atoms with Gasteiger partial charge in [-0.1, -0.05) is 37.6 Å². The van der Waals surface area contributed by atoms with Crippen LogP contribution in [0.15, 0.2) is 36.5 Å². The fraction of sp³-hybridized carbons (Fsp3) is 0.391. The average Bonchev–Trinajstić information content (AvgIpc) is 2.68. The molecule has 0 amide bonds. The third kappa shape index (κ3) is 3.55. The van der Waals surface area contributed by atoms with E-state index in [0.717, 1.165) is 0 Å². The summed E-state index contributed by atoms with van der Waals surface area (Å²) in [4.78, 5) is 8.53. The zero-order valence-corrected chi connectivity index (χ0v) is 18.5. The summed E-state index contributed by atoms with van der Waals surface area (Å²) in [6, 6.07) is 8.07. The van der Waals surface area contributed by atoms with E-state index in [9.17, 15) is 23.4 Å². The number of nitrogens with zero attached hydrogens (tertiary/aromatic N) is 2. The quantitative estimate of drug-likeness (QED) is 0.478. The Hall–Kier alpha value is -2.58. The number of phenolic OH excluding ortho intramolecular Hbond substituents is 1. The van der Waals surface area contributed by atoms with Crippen LogP contribution in [-0.2, 0) is 5.41 Å². The minimum atomic E-state index is -4.89. The topological polar surface area (TPSA) is 78.3 Å². The summed E-state index contributed by atoms with van der Waals surface area (Å²) in [6.07, 6.45) is -3.89. The Morgan fingerprint density at radius 3 is 2.62 bits per heavy atom. The van der Waals surface area contributed by atoms with E-state index in [1.165, 1.54) is 12.1 Å². The minimum absolute atomic E-state index is 0.0579. The van der Waals surface area contributed by atoms with E-state index in [0.29, 0.717) is 28.0 Å². The SMILES string of the molecule is Cc1ncc2c(NCC3c4ccc(Cl)c(O)c4C(C)(C)CC3(O)C(F)(F)F)cccc2n1. The lowest BCUT2D eigenvalue weighted by molar-refractivity contribution is -0.277. The molecule has 0 saturated carbocycles. The van der Waals surface area contributed by atoms with Crippen LogP contribution in [0.5, 0.6) is 5.75 Å². The Bertz CT molecular complexity index is 1200. The summed E-state index contributed by atoms with van der Waals surface area (Å²) in [7, 11) is 0. The highest BCUT2D eigenvalue weighted by Crippen LogP contribution is 2.57. The second-order valence-corrected chi connectivity index (χ2v) is 9.34. The van der Waals surface area contributed by atoms with E-state index in [2.05, 4.69) is 15.3 Å². The van der Waals surface area contributed by atoms with Gasteiger partial charge in [-0.25, -0.2) is 9.97 Å². The molecule has 0 bridgehead atoms. The van der Waals surface area contributed by atoms with Crippen LogP contribution >= 0.6 is 11.6 Å². The maximum atomic E-state index is 14.2. The number of nitrogens with one attached hydrogen (secondary N) is 1. The lowest BCUT2D eigenvalue weighted by atomic mass is 9.61. The van der Waals surface area contributed by atoms with Crippen molar-refractivity contribution < 1.29 is 23.4 Å². The number of hydrogen-bond acceptors (Lipinski definition) is 5. The Morgan fingerprint density at radius 2 is 1.94 bits per heavy atom. The first-order valence-corrected chi connectivity index (χ1v) is 10.5. The van der Waals surface area contributed by atoms with E-state index in [-0.39, 0.29) is 22.9 Å². The third-order valence-corrected chi connectivity index (χ3v) is 6.54. The molecule has 0 aliphatic heterocycles. The summed E-state index contributed by atoms with van der Waals surface area (Å²) in [5.74, 6) is -1.05. The number of benzene rings is 2. The average molecular weight is 466 g/mol. The number of aryl methyl sites for hydroxylation is 1. The number of anilines is 1. The van der Waals surface area contributed by atoms with Gasteiger partial charge < -0.3 is 15.5 Å². The minimum Gasteiger partial charge on any atom is -0.506 e. The standard InChI is InChI=1S/C23H23ClF3N3O2/c1-12-28-9-14-17(5-4-6-18(14)30-12)29-10-15-13-7-8-16(24)20(31)19(13)21(2,3)11-22(15,32)23(25,26)27/h4-9,15,29,31-32H,10-11H2,1-3H3. The number of aromatic hydroxyl groups is 1. The molecule has 32 heavy (non-hydrogen) atoms. The maximum absolute atomic E-state index is 14.2. The maximum Gasteiger partial charge on any atom is 0.417 e. The highest BCUT2D eigenvalue weighted by atomic mass is 35.5. The predicted molar refractivity (Wildman–Crippen MR) is 117 cm³/mol. The van der Waals surface area contributed by atoms with Crippen molar-refractivity contribution in [3.63, 3.8) is 0 Å². The first kappa shape index (κ1) is 22.6. The molecule has 2 unspecified atom stereocenters. The lowest BCUT2D eigenvalue weighted by Gasteiger charge is -2.49. The van der Waals surface area contributed by atoms with Crippen molar-refractivity contribution in [1.29, 1.82) is 0 Å². The Morgan fingerprint density at radius 1 is 1.22 bits per heavy atom. The molecule has 1 aliphatic rings.